The molecule has 3 rings (SSSR count). The highest BCUT2D eigenvalue weighted by Crippen LogP contribution is 2.32. The lowest BCUT2D eigenvalue weighted by atomic mass is 9.82. The Labute approximate surface area is 189 Å². The summed E-state index contributed by atoms with van der Waals surface area (Å²) in [5, 5.41) is 7.20. The highest BCUT2D eigenvalue weighted by molar-refractivity contribution is 14.0. The van der Waals surface area contributed by atoms with Gasteiger partial charge in [0.15, 0.2) is 5.96 Å². The molecule has 0 radical (unpaired) electrons. The summed E-state index contributed by atoms with van der Waals surface area (Å²) in [4.78, 5) is 7.06. The fourth-order valence-electron chi connectivity index (χ4n) is 4.69. The molecular weight excluding hydrogens is 459 g/mol. The Morgan fingerprint density at radius 1 is 1.14 bits per heavy atom. The van der Waals surface area contributed by atoms with Crippen LogP contribution in [0.4, 0.5) is 0 Å². The number of piperidine rings is 2. The van der Waals surface area contributed by atoms with Gasteiger partial charge in [0.2, 0.25) is 0 Å². The largest absolute Gasteiger partial charge is 0.356 e. The van der Waals surface area contributed by atoms with Crippen LogP contribution in [0.1, 0.15) is 69.4 Å². The highest BCUT2D eigenvalue weighted by Gasteiger charge is 2.36. The number of guanidine groups is 1. The van der Waals surface area contributed by atoms with Gasteiger partial charge in [-0.25, -0.2) is 0 Å². The zero-order valence-electron chi connectivity index (χ0n) is 18.1. The average Bonchev–Trinajstić information content (AvgIpc) is 2.65. The van der Waals surface area contributed by atoms with Crippen LogP contribution >= 0.6 is 24.0 Å². The van der Waals surface area contributed by atoms with Crippen molar-refractivity contribution in [2.75, 3.05) is 20.6 Å². The fraction of sp³-hybridized carbons (Fsp3) is 0.696. The summed E-state index contributed by atoms with van der Waals surface area (Å²) < 4.78 is 0. The van der Waals surface area contributed by atoms with Gasteiger partial charge in [-0.3, -0.25) is 4.99 Å². The summed E-state index contributed by atoms with van der Waals surface area (Å²) in [6.45, 7) is 5.45. The molecule has 2 bridgehead atoms. The minimum atomic E-state index is 0. The van der Waals surface area contributed by atoms with Crippen LogP contribution in [0, 0.1) is 0 Å². The van der Waals surface area contributed by atoms with E-state index < -0.39 is 0 Å². The molecule has 2 aliphatic rings. The minimum Gasteiger partial charge on any atom is -0.356 e. The Morgan fingerprint density at radius 2 is 1.79 bits per heavy atom. The second-order valence-corrected chi connectivity index (χ2v) is 8.72. The van der Waals surface area contributed by atoms with Gasteiger partial charge in [0.1, 0.15) is 0 Å². The van der Waals surface area contributed by atoms with Gasteiger partial charge in [0, 0.05) is 31.7 Å². The van der Waals surface area contributed by atoms with Gasteiger partial charge in [-0.05, 0) is 62.6 Å². The van der Waals surface area contributed by atoms with Gasteiger partial charge in [0.05, 0.1) is 0 Å². The SMILES string of the molecule is CN=C(NCCCc1ccc(C(C)C)cc1)NC1CC2CCCC(C1)N2C.I. The topological polar surface area (TPSA) is 39.7 Å². The number of aliphatic imine (C=N–C) groups is 1. The van der Waals surface area contributed by atoms with E-state index in [1.54, 1.807) is 0 Å². The summed E-state index contributed by atoms with van der Waals surface area (Å²) in [5.41, 5.74) is 2.84. The van der Waals surface area contributed by atoms with Crippen molar-refractivity contribution < 1.29 is 0 Å². The standard InChI is InChI=1S/C23H38N4.HI/c1-17(2)19-12-10-18(11-13-19)7-6-14-25-23(24-3)26-20-15-21-8-5-9-22(16-20)27(21)4;/h10-13,17,20-22H,5-9,14-16H2,1-4H3,(H2,24,25,26);1H. The van der Waals surface area contributed by atoms with E-state index in [0.717, 1.165) is 37.4 Å². The van der Waals surface area contributed by atoms with Crippen molar-refractivity contribution in [1.29, 1.82) is 0 Å². The Hall–Kier alpha value is -0.820. The summed E-state index contributed by atoms with van der Waals surface area (Å²) in [6, 6.07) is 11.2. The van der Waals surface area contributed by atoms with Crippen LogP contribution < -0.4 is 10.6 Å². The molecule has 2 saturated heterocycles. The van der Waals surface area contributed by atoms with Crippen molar-refractivity contribution in [1.82, 2.24) is 15.5 Å². The van der Waals surface area contributed by atoms with Crippen LogP contribution in [0.25, 0.3) is 0 Å². The maximum Gasteiger partial charge on any atom is 0.191 e. The molecule has 0 spiro atoms. The Morgan fingerprint density at radius 3 is 2.36 bits per heavy atom. The summed E-state index contributed by atoms with van der Waals surface area (Å²) >= 11 is 0. The molecule has 2 heterocycles. The van der Waals surface area contributed by atoms with Gasteiger partial charge in [-0.15, -0.1) is 24.0 Å². The number of nitrogens with one attached hydrogen (secondary N) is 2. The van der Waals surface area contributed by atoms with Crippen LogP contribution in [-0.2, 0) is 6.42 Å². The Kier molecular flexibility index (Phi) is 9.54. The molecule has 1 aromatic rings. The van der Waals surface area contributed by atoms with E-state index in [2.05, 4.69) is 65.7 Å². The maximum absolute atomic E-state index is 4.45. The molecule has 2 unspecified atom stereocenters. The molecule has 28 heavy (non-hydrogen) atoms. The molecular formula is C23H39IN4. The van der Waals surface area contributed by atoms with Gasteiger partial charge in [-0.2, -0.15) is 0 Å². The molecule has 0 aromatic heterocycles. The molecule has 2 aliphatic heterocycles. The summed E-state index contributed by atoms with van der Waals surface area (Å²) in [7, 11) is 4.20. The zero-order chi connectivity index (χ0) is 19.2. The molecule has 158 valence electrons. The first-order valence-electron chi connectivity index (χ1n) is 10.8. The molecule has 2 fully saturated rings. The van der Waals surface area contributed by atoms with Crippen LogP contribution in [-0.4, -0.2) is 49.6 Å². The van der Waals surface area contributed by atoms with E-state index >= 15 is 0 Å². The predicted octanol–water partition coefficient (Wildman–Crippen LogP) is 4.54. The van der Waals surface area contributed by atoms with E-state index in [0.29, 0.717) is 12.0 Å². The molecule has 2 atom stereocenters. The van der Waals surface area contributed by atoms with Gasteiger partial charge < -0.3 is 15.5 Å². The number of benzene rings is 1. The lowest BCUT2D eigenvalue weighted by Gasteiger charge is -2.47. The Bertz CT molecular complexity index is 600. The quantitative estimate of drug-likeness (QED) is 0.262. The third-order valence-corrected chi connectivity index (χ3v) is 6.49. The first kappa shape index (κ1) is 23.5. The van der Waals surface area contributed by atoms with E-state index in [1.165, 1.54) is 43.2 Å². The number of fused-ring (bicyclic) bond motifs is 2. The van der Waals surface area contributed by atoms with Gasteiger partial charge >= 0.3 is 0 Å². The molecule has 5 heteroatoms. The monoisotopic (exact) mass is 498 g/mol. The average molecular weight is 498 g/mol. The number of hydrogen-bond acceptors (Lipinski definition) is 2. The lowest BCUT2D eigenvalue weighted by molar-refractivity contribution is 0.0526. The van der Waals surface area contributed by atoms with Crippen LogP contribution in [0.2, 0.25) is 0 Å². The molecule has 4 nitrogen and oxygen atoms in total. The molecule has 0 aliphatic carbocycles. The van der Waals surface area contributed by atoms with Crippen molar-refractivity contribution in [3.63, 3.8) is 0 Å². The van der Waals surface area contributed by atoms with E-state index in [9.17, 15) is 0 Å². The second-order valence-electron chi connectivity index (χ2n) is 8.72. The Balaban J connectivity index is 0.00000280. The number of aryl methyl sites for hydroxylation is 1. The van der Waals surface area contributed by atoms with Crippen molar-refractivity contribution in [2.24, 2.45) is 4.99 Å². The lowest BCUT2D eigenvalue weighted by Crippen LogP contribution is -2.56. The normalized spacial score (nSPS) is 25.3. The van der Waals surface area contributed by atoms with Gasteiger partial charge in [-0.1, -0.05) is 44.5 Å². The van der Waals surface area contributed by atoms with Crippen LogP contribution in [0.15, 0.2) is 29.3 Å². The van der Waals surface area contributed by atoms with Crippen molar-refractivity contribution >= 4 is 29.9 Å². The molecule has 1 aromatic carbocycles. The first-order valence-corrected chi connectivity index (χ1v) is 10.8. The van der Waals surface area contributed by atoms with Crippen LogP contribution in [0.3, 0.4) is 0 Å². The zero-order valence-corrected chi connectivity index (χ0v) is 20.4. The van der Waals surface area contributed by atoms with Gasteiger partial charge in [0.25, 0.3) is 0 Å². The predicted molar refractivity (Wildman–Crippen MR) is 131 cm³/mol. The summed E-state index contributed by atoms with van der Waals surface area (Å²) in [5.74, 6) is 1.58. The van der Waals surface area contributed by atoms with Crippen molar-refractivity contribution in [3.8, 4) is 0 Å². The number of hydrogen-bond donors (Lipinski definition) is 2. The maximum atomic E-state index is 4.45. The number of halogens is 1. The smallest absolute Gasteiger partial charge is 0.191 e. The molecule has 0 amide bonds. The van der Waals surface area contributed by atoms with Crippen molar-refractivity contribution in [3.05, 3.63) is 35.4 Å². The van der Waals surface area contributed by atoms with E-state index in [4.69, 9.17) is 0 Å². The molecule has 2 N–H and O–H groups in total. The number of nitrogens with zero attached hydrogens (tertiary/aromatic N) is 2. The first-order chi connectivity index (χ1) is 13.1. The third kappa shape index (κ3) is 6.34. The molecule has 0 saturated carbocycles. The van der Waals surface area contributed by atoms with Crippen molar-refractivity contribution in [2.45, 2.75) is 82.8 Å². The third-order valence-electron chi connectivity index (χ3n) is 6.49. The second kappa shape index (κ2) is 11.4. The van der Waals surface area contributed by atoms with E-state index in [1.807, 2.05) is 7.05 Å². The number of rotatable bonds is 6. The minimum absolute atomic E-state index is 0. The van der Waals surface area contributed by atoms with E-state index in [-0.39, 0.29) is 24.0 Å². The fourth-order valence-corrected chi connectivity index (χ4v) is 4.69. The highest BCUT2D eigenvalue weighted by atomic mass is 127. The summed E-state index contributed by atoms with van der Waals surface area (Å²) in [6.07, 6.45) is 8.84. The van der Waals surface area contributed by atoms with Crippen LogP contribution in [0.5, 0.6) is 0 Å².